The molecule has 0 amide bonds. The molecular weight excluding hydrogens is 298 g/mol. The Morgan fingerprint density at radius 2 is 1.57 bits per heavy atom. The van der Waals surface area contributed by atoms with Crippen LogP contribution in [-0.4, -0.2) is 8.42 Å². The van der Waals surface area contributed by atoms with E-state index < -0.39 is 21.8 Å². The highest BCUT2D eigenvalue weighted by molar-refractivity contribution is 7.87. The fraction of sp³-hybridized carbons (Fsp3) is 0.200. The van der Waals surface area contributed by atoms with E-state index in [1.807, 2.05) is 13.8 Å². The van der Waals surface area contributed by atoms with Gasteiger partial charge in [-0.2, -0.15) is 8.42 Å². The van der Waals surface area contributed by atoms with Crippen molar-refractivity contribution in [1.82, 2.24) is 0 Å². The van der Waals surface area contributed by atoms with Crippen molar-refractivity contribution < 1.29 is 21.4 Å². The Morgan fingerprint density at radius 3 is 2.10 bits per heavy atom. The van der Waals surface area contributed by atoms with Gasteiger partial charge in [0.25, 0.3) is 0 Å². The van der Waals surface area contributed by atoms with Crippen LogP contribution < -0.4 is 4.18 Å². The summed E-state index contributed by atoms with van der Waals surface area (Å²) in [5.74, 6) is -2.24. The zero-order chi connectivity index (χ0) is 15.6. The molecule has 0 heterocycles. The van der Waals surface area contributed by atoms with Gasteiger partial charge in [0.2, 0.25) is 0 Å². The lowest BCUT2D eigenvalue weighted by Gasteiger charge is -2.09. The predicted molar refractivity (Wildman–Crippen MR) is 74.7 cm³/mol. The molecule has 0 atom stereocenters. The summed E-state index contributed by atoms with van der Waals surface area (Å²) < 4.78 is 54.7. The van der Waals surface area contributed by atoms with Crippen molar-refractivity contribution >= 4 is 10.1 Å². The van der Waals surface area contributed by atoms with Gasteiger partial charge in [0.1, 0.15) is 10.6 Å². The van der Waals surface area contributed by atoms with Crippen LogP contribution in [0.1, 0.15) is 25.3 Å². The lowest BCUT2D eigenvalue weighted by molar-refractivity contribution is 0.472. The normalized spacial score (nSPS) is 11.7. The quantitative estimate of drug-likeness (QED) is 0.805. The smallest absolute Gasteiger partial charge is 0.339 e. The SMILES string of the molecule is CC(C)c1ccc(S(=O)(=O)Oc2ccc(F)c(F)c2)cc1. The van der Waals surface area contributed by atoms with Gasteiger partial charge >= 0.3 is 10.1 Å². The number of hydrogen-bond donors (Lipinski definition) is 0. The Balaban J connectivity index is 2.27. The van der Waals surface area contributed by atoms with E-state index in [1.54, 1.807) is 12.1 Å². The Morgan fingerprint density at radius 1 is 0.952 bits per heavy atom. The van der Waals surface area contributed by atoms with Gasteiger partial charge in [0.05, 0.1) is 0 Å². The second-order valence-electron chi connectivity index (χ2n) is 4.84. The minimum Gasteiger partial charge on any atom is -0.379 e. The van der Waals surface area contributed by atoms with E-state index in [9.17, 15) is 17.2 Å². The molecule has 2 rings (SSSR count). The van der Waals surface area contributed by atoms with E-state index in [2.05, 4.69) is 0 Å². The summed E-state index contributed by atoms with van der Waals surface area (Å²) in [5.41, 5.74) is 0.988. The van der Waals surface area contributed by atoms with E-state index in [0.29, 0.717) is 6.07 Å². The predicted octanol–water partition coefficient (Wildman–Crippen LogP) is 3.86. The van der Waals surface area contributed by atoms with Gasteiger partial charge in [-0.3, -0.25) is 0 Å². The van der Waals surface area contributed by atoms with E-state index in [4.69, 9.17) is 4.18 Å². The maximum Gasteiger partial charge on any atom is 0.339 e. The van der Waals surface area contributed by atoms with Gasteiger partial charge in [-0.05, 0) is 35.7 Å². The van der Waals surface area contributed by atoms with Crippen molar-refractivity contribution in [3.05, 3.63) is 59.7 Å². The van der Waals surface area contributed by atoms with Crippen LogP contribution in [0.25, 0.3) is 0 Å². The van der Waals surface area contributed by atoms with Crippen molar-refractivity contribution in [1.29, 1.82) is 0 Å². The minimum atomic E-state index is -4.07. The molecule has 112 valence electrons. The van der Waals surface area contributed by atoms with E-state index in [0.717, 1.165) is 17.7 Å². The number of rotatable bonds is 4. The molecule has 0 bridgehead atoms. The van der Waals surface area contributed by atoms with Crippen molar-refractivity contribution in [3.63, 3.8) is 0 Å². The average Bonchev–Trinajstić information content (AvgIpc) is 2.43. The molecule has 0 saturated heterocycles. The summed E-state index contributed by atoms with van der Waals surface area (Å²) in [4.78, 5) is -0.0448. The third-order valence-electron chi connectivity index (χ3n) is 2.93. The molecule has 3 nitrogen and oxygen atoms in total. The minimum absolute atomic E-state index is 0.0448. The second-order valence-corrected chi connectivity index (χ2v) is 6.38. The van der Waals surface area contributed by atoms with Gasteiger partial charge in [0, 0.05) is 6.07 Å². The van der Waals surface area contributed by atoms with Gasteiger partial charge in [-0.1, -0.05) is 26.0 Å². The molecule has 0 aliphatic carbocycles. The first-order valence-corrected chi connectivity index (χ1v) is 7.70. The molecule has 0 unspecified atom stereocenters. The largest absolute Gasteiger partial charge is 0.379 e. The summed E-state index contributed by atoms with van der Waals surface area (Å²) in [7, 11) is -4.07. The van der Waals surface area contributed by atoms with Crippen molar-refractivity contribution in [3.8, 4) is 5.75 Å². The molecule has 0 saturated carbocycles. The van der Waals surface area contributed by atoms with E-state index in [1.165, 1.54) is 12.1 Å². The van der Waals surface area contributed by atoms with Gasteiger partial charge in [-0.25, -0.2) is 8.78 Å². The van der Waals surface area contributed by atoms with Crippen LogP contribution in [0.3, 0.4) is 0 Å². The third kappa shape index (κ3) is 3.58. The molecule has 0 aliphatic rings. The number of benzene rings is 2. The Hall–Kier alpha value is -1.95. The molecule has 6 heteroatoms. The first kappa shape index (κ1) is 15.4. The van der Waals surface area contributed by atoms with Gasteiger partial charge < -0.3 is 4.18 Å². The van der Waals surface area contributed by atoms with Crippen LogP contribution in [0, 0.1) is 11.6 Å². The highest BCUT2D eigenvalue weighted by Crippen LogP contribution is 2.22. The lowest BCUT2D eigenvalue weighted by Crippen LogP contribution is -2.10. The van der Waals surface area contributed by atoms with Crippen molar-refractivity contribution in [2.24, 2.45) is 0 Å². The fourth-order valence-corrected chi connectivity index (χ4v) is 2.65. The van der Waals surface area contributed by atoms with Crippen molar-refractivity contribution in [2.45, 2.75) is 24.7 Å². The van der Waals surface area contributed by atoms with Crippen LogP contribution in [0.5, 0.6) is 5.75 Å². The third-order valence-corrected chi connectivity index (χ3v) is 4.19. The summed E-state index contributed by atoms with van der Waals surface area (Å²) in [6.07, 6.45) is 0. The molecule has 0 aromatic heterocycles. The summed E-state index contributed by atoms with van der Waals surface area (Å²) in [6.45, 7) is 3.97. The molecule has 0 fully saturated rings. The zero-order valence-corrected chi connectivity index (χ0v) is 12.3. The highest BCUT2D eigenvalue weighted by atomic mass is 32.2. The molecule has 0 spiro atoms. The van der Waals surface area contributed by atoms with Crippen LogP contribution in [-0.2, 0) is 10.1 Å². The second kappa shape index (κ2) is 5.81. The number of hydrogen-bond acceptors (Lipinski definition) is 3. The first-order valence-electron chi connectivity index (χ1n) is 6.29. The Kier molecular flexibility index (Phi) is 4.27. The molecule has 2 aromatic rings. The topological polar surface area (TPSA) is 43.4 Å². The molecule has 0 N–H and O–H groups in total. The maximum atomic E-state index is 13.0. The van der Waals surface area contributed by atoms with Gasteiger partial charge in [-0.15, -0.1) is 0 Å². The first-order chi connectivity index (χ1) is 9.79. The Bertz CT molecular complexity index is 738. The monoisotopic (exact) mass is 312 g/mol. The standard InChI is InChI=1S/C15H14F2O3S/c1-10(2)11-3-6-13(7-4-11)21(18,19)20-12-5-8-14(16)15(17)9-12/h3-10H,1-2H3. The number of halogens is 2. The molecule has 0 radical (unpaired) electrons. The zero-order valence-electron chi connectivity index (χ0n) is 11.5. The van der Waals surface area contributed by atoms with Crippen LogP contribution in [0.15, 0.2) is 47.4 Å². The molecule has 21 heavy (non-hydrogen) atoms. The molecule has 0 aliphatic heterocycles. The Labute approximate surface area is 122 Å². The van der Waals surface area contributed by atoms with Crippen molar-refractivity contribution in [2.75, 3.05) is 0 Å². The summed E-state index contributed by atoms with van der Waals surface area (Å²) in [5, 5.41) is 0. The molecular formula is C15H14F2O3S. The van der Waals surface area contributed by atoms with Crippen LogP contribution in [0.4, 0.5) is 8.78 Å². The average molecular weight is 312 g/mol. The van der Waals surface area contributed by atoms with Gasteiger partial charge in [0.15, 0.2) is 11.6 Å². The summed E-state index contributed by atoms with van der Waals surface area (Å²) >= 11 is 0. The lowest BCUT2D eigenvalue weighted by atomic mass is 10.0. The summed E-state index contributed by atoms with van der Waals surface area (Å²) in [6, 6.07) is 8.77. The maximum absolute atomic E-state index is 13.0. The van der Waals surface area contributed by atoms with Crippen LogP contribution in [0.2, 0.25) is 0 Å². The fourth-order valence-electron chi connectivity index (χ4n) is 1.72. The molecule has 2 aromatic carbocycles. The van der Waals surface area contributed by atoms with E-state index >= 15 is 0 Å². The van der Waals surface area contributed by atoms with E-state index in [-0.39, 0.29) is 16.6 Å². The highest BCUT2D eigenvalue weighted by Gasteiger charge is 2.17. The van der Waals surface area contributed by atoms with Crippen LogP contribution >= 0.6 is 0 Å².